The molecule has 0 saturated carbocycles. The molecule has 2 fully saturated rings. The van der Waals surface area contributed by atoms with Gasteiger partial charge in [-0.2, -0.15) is 0 Å². The van der Waals surface area contributed by atoms with E-state index in [1.165, 1.54) is 44.8 Å². The van der Waals surface area contributed by atoms with Gasteiger partial charge in [-0.05, 0) is 55.8 Å². The first-order valence-corrected chi connectivity index (χ1v) is 13.2. The summed E-state index contributed by atoms with van der Waals surface area (Å²) < 4.78 is 25.9. The minimum atomic E-state index is -3.64. The van der Waals surface area contributed by atoms with E-state index in [4.69, 9.17) is 0 Å². The number of aliphatic hydroxyl groups excluding tert-OH is 1. The highest BCUT2D eigenvalue weighted by atomic mass is 32.2. The molecule has 2 aromatic carbocycles. The fourth-order valence-corrected chi connectivity index (χ4v) is 5.58. The van der Waals surface area contributed by atoms with Gasteiger partial charge >= 0.3 is 0 Å². The van der Waals surface area contributed by atoms with Crippen LogP contribution in [-0.2, 0) is 19.6 Å². The third-order valence-corrected chi connectivity index (χ3v) is 8.50. The van der Waals surface area contributed by atoms with Crippen molar-refractivity contribution in [3.05, 3.63) is 71.3 Å². The largest absolute Gasteiger partial charge is 0.507 e. The molecule has 4 rings (SSSR count). The Kier molecular flexibility index (Phi) is 7.39. The number of piperidine rings is 1. The van der Waals surface area contributed by atoms with Gasteiger partial charge in [0.1, 0.15) is 5.76 Å². The normalized spacial score (nSPS) is 21.1. The molecule has 2 aromatic rings. The van der Waals surface area contributed by atoms with Crippen LogP contribution in [0.25, 0.3) is 5.76 Å². The van der Waals surface area contributed by atoms with Gasteiger partial charge in [-0.25, -0.2) is 12.7 Å². The molecule has 0 aliphatic carbocycles. The number of rotatable bonds is 7. The number of ketones is 1. The molecule has 0 spiro atoms. The second-order valence-electron chi connectivity index (χ2n) is 9.12. The molecule has 35 heavy (non-hydrogen) atoms. The minimum absolute atomic E-state index is 0.0167. The van der Waals surface area contributed by atoms with Crippen LogP contribution < -0.4 is 0 Å². The van der Waals surface area contributed by atoms with Gasteiger partial charge in [0.05, 0.1) is 16.5 Å². The molecule has 0 unspecified atom stereocenters. The highest BCUT2D eigenvalue weighted by molar-refractivity contribution is 7.89. The Morgan fingerprint density at radius 2 is 1.57 bits per heavy atom. The summed E-state index contributed by atoms with van der Waals surface area (Å²) in [6.07, 6.45) is 3.46. The molecule has 2 saturated heterocycles. The lowest BCUT2D eigenvalue weighted by Crippen LogP contribution is -2.39. The number of Topliss-reactive ketones (excluding diaryl/α,β-unsaturated/α-hetero) is 1. The minimum Gasteiger partial charge on any atom is -0.507 e. The van der Waals surface area contributed by atoms with Crippen LogP contribution in [0.3, 0.4) is 0 Å². The zero-order chi connectivity index (χ0) is 25.2. The lowest BCUT2D eigenvalue weighted by molar-refractivity contribution is -0.140. The maximum Gasteiger partial charge on any atom is 0.295 e. The summed E-state index contributed by atoms with van der Waals surface area (Å²) in [6.45, 7) is 2.98. The highest BCUT2D eigenvalue weighted by Gasteiger charge is 2.46. The van der Waals surface area contributed by atoms with Crippen molar-refractivity contribution < 1.29 is 23.1 Å². The molecule has 2 aliphatic heterocycles. The summed E-state index contributed by atoms with van der Waals surface area (Å²) in [6, 6.07) is 14.2. The summed E-state index contributed by atoms with van der Waals surface area (Å²) in [5.41, 5.74) is 1.03. The summed E-state index contributed by atoms with van der Waals surface area (Å²) in [4.78, 5) is 30.2. The van der Waals surface area contributed by atoms with Crippen molar-refractivity contribution in [1.29, 1.82) is 0 Å². The van der Waals surface area contributed by atoms with Gasteiger partial charge in [-0.1, -0.05) is 36.8 Å². The number of sulfonamides is 1. The summed E-state index contributed by atoms with van der Waals surface area (Å²) in [5.74, 6) is -1.68. The maximum absolute atomic E-state index is 13.2. The van der Waals surface area contributed by atoms with E-state index in [1.54, 1.807) is 4.90 Å². The monoisotopic (exact) mass is 497 g/mol. The van der Waals surface area contributed by atoms with E-state index in [1.807, 2.05) is 30.3 Å². The molecular formula is C26H31N3O5S. The van der Waals surface area contributed by atoms with Crippen molar-refractivity contribution >= 4 is 27.5 Å². The van der Waals surface area contributed by atoms with Gasteiger partial charge < -0.3 is 14.9 Å². The first-order chi connectivity index (χ1) is 16.7. The standard InChI is InChI=1S/C26H31N3O5S/c1-27(2)35(33,34)21-13-11-20(12-14-21)24(30)22-23(19-9-5-3-6-10-19)29(26(32)25(22)31)18-17-28-15-7-4-8-16-28/h3,5-6,9-14,23,30H,4,7-8,15-18H2,1-2H3/t23-/m1/s1. The predicted octanol–water partition coefficient (Wildman–Crippen LogP) is 2.84. The van der Waals surface area contributed by atoms with Gasteiger partial charge in [-0.15, -0.1) is 0 Å². The predicted molar refractivity (Wildman–Crippen MR) is 133 cm³/mol. The number of nitrogens with zero attached hydrogens (tertiary/aromatic N) is 3. The molecule has 1 amide bonds. The second-order valence-corrected chi connectivity index (χ2v) is 11.3. The topological polar surface area (TPSA) is 98.2 Å². The van der Waals surface area contributed by atoms with Gasteiger partial charge in [0, 0.05) is 32.7 Å². The van der Waals surface area contributed by atoms with Crippen molar-refractivity contribution in [2.75, 3.05) is 40.3 Å². The summed E-state index contributed by atoms with van der Waals surface area (Å²) in [5, 5.41) is 11.2. The number of amides is 1. The van der Waals surface area contributed by atoms with Crippen molar-refractivity contribution in [3.8, 4) is 0 Å². The quantitative estimate of drug-likeness (QED) is 0.359. The Balaban J connectivity index is 1.71. The van der Waals surface area contributed by atoms with Crippen LogP contribution in [0.1, 0.15) is 36.4 Å². The van der Waals surface area contributed by atoms with E-state index >= 15 is 0 Å². The van der Waals surface area contributed by atoms with Crippen LogP contribution in [0.2, 0.25) is 0 Å². The molecule has 8 nitrogen and oxygen atoms in total. The van der Waals surface area contributed by atoms with Crippen LogP contribution in [-0.4, -0.2) is 79.6 Å². The van der Waals surface area contributed by atoms with E-state index < -0.39 is 27.8 Å². The van der Waals surface area contributed by atoms with E-state index in [0.29, 0.717) is 13.1 Å². The maximum atomic E-state index is 13.2. The number of hydrogen-bond acceptors (Lipinski definition) is 6. The zero-order valence-corrected chi connectivity index (χ0v) is 20.9. The highest BCUT2D eigenvalue weighted by Crippen LogP contribution is 2.39. The number of likely N-dealkylation sites (tertiary alicyclic amines) is 2. The first kappa shape index (κ1) is 25.1. The van der Waals surface area contributed by atoms with E-state index in [9.17, 15) is 23.1 Å². The van der Waals surface area contributed by atoms with E-state index in [2.05, 4.69) is 4.90 Å². The van der Waals surface area contributed by atoms with Crippen molar-refractivity contribution in [1.82, 2.24) is 14.1 Å². The SMILES string of the molecule is CN(C)S(=O)(=O)c1ccc(C(O)=C2C(=O)C(=O)N(CCN3CCCCC3)[C@@H]2c2ccccc2)cc1. The molecular weight excluding hydrogens is 466 g/mol. The molecule has 2 heterocycles. The zero-order valence-electron chi connectivity index (χ0n) is 20.1. The lowest BCUT2D eigenvalue weighted by atomic mass is 9.95. The summed E-state index contributed by atoms with van der Waals surface area (Å²) >= 11 is 0. The Morgan fingerprint density at radius 1 is 0.943 bits per heavy atom. The average molecular weight is 498 g/mol. The van der Waals surface area contributed by atoms with Crippen molar-refractivity contribution in [3.63, 3.8) is 0 Å². The summed E-state index contributed by atoms with van der Waals surface area (Å²) in [7, 11) is -0.759. The smallest absolute Gasteiger partial charge is 0.295 e. The van der Waals surface area contributed by atoms with Crippen LogP contribution in [0, 0.1) is 0 Å². The third kappa shape index (κ3) is 5.03. The van der Waals surface area contributed by atoms with Crippen LogP contribution >= 0.6 is 0 Å². The van der Waals surface area contributed by atoms with Crippen molar-refractivity contribution in [2.45, 2.75) is 30.2 Å². The molecule has 2 aliphatic rings. The fraction of sp³-hybridized carbons (Fsp3) is 0.385. The molecule has 1 N–H and O–H groups in total. The van der Waals surface area contributed by atoms with Gasteiger partial charge in [0.25, 0.3) is 11.7 Å². The first-order valence-electron chi connectivity index (χ1n) is 11.8. The number of aliphatic hydroxyl groups is 1. The molecule has 0 bridgehead atoms. The molecule has 186 valence electrons. The Morgan fingerprint density at radius 3 is 2.17 bits per heavy atom. The van der Waals surface area contributed by atoms with Crippen LogP contribution in [0.4, 0.5) is 0 Å². The van der Waals surface area contributed by atoms with E-state index in [0.717, 1.165) is 35.8 Å². The molecule has 0 aromatic heterocycles. The van der Waals surface area contributed by atoms with Gasteiger partial charge in [-0.3, -0.25) is 9.59 Å². The van der Waals surface area contributed by atoms with Crippen LogP contribution in [0.15, 0.2) is 65.1 Å². The number of hydrogen-bond donors (Lipinski definition) is 1. The molecule has 1 atom stereocenters. The average Bonchev–Trinajstić information content (AvgIpc) is 3.13. The lowest BCUT2D eigenvalue weighted by Gasteiger charge is -2.31. The van der Waals surface area contributed by atoms with Crippen LogP contribution in [0.5, 0.6) is 0 Å². The third-order valence-electron chi connectivity index (χ3n) is 6.67. The number of carbonyl (C=O) groups is 2. The second kappa shape index (κ2) is 10.3. The molecule has 9 heteroatoms. The Labute approximate surface area is 206 Å². The van der Waals surface area contributed by atoms with E-state index in [-0.39, 0.29) is 21.8 Å². The Bertz CT molecular complexity index is 1220. The Hall–Kier alpha value is -3.01. The fourth-order valence-electron chi connectivity index (χ4n) is 4.68. The van der Waals surface area contributed by atoms with Gasteiger partial charge in [0.15, 0.2) is 0 Å². The number of carbonyl (C=O) groups excluding carboxylic acids is 2. The van der Waals surface area contributed by atoms with Gasteiger partial charge in [0.2, 0.25) is 10.0 Å². The number of benzene rings is 2. The molecule has 0 radical (unpaired) electrons. The van der Waals surface area contributed by atoms with Crippen molar-refractivity contribution in [2.24, 2.45) is 0 Å².